The first kappa shape index (κ1) is 16.3. The molecule has 1 fully saturated rings. The third-order valence-electron chi connectivity index (χ3n) is 4.94. The van der Waals surface area contributed by atoms with Crippen LogP contribution in [-0.4, -0.2) is 32.7 Å². The van der Waals surface area contributed by atoms with E-state index in [1.165, 1.54) is 0 Å². The van der Waals surface area contributed by atoms with Crippen molar-refractivity contribution in [2.45, 2.75) is 18.9 Å². The lowest BCUT2D eigenvalue weighted by atomic mass is 9.91. The summed E-state index contributed by atoms with van der Waals surface area (Å²) in [6.07, 6.45) is 5.05. The fourth-order valence-electron chi connectivity index (χ4n) is 3.43. The zero-order valence-corrected chi connectivity index (χ0v) is 15.1. The molecule has 2 aromatic heterocycles. The summed E-state index contributed by atoms with van der Waals surface area (Å²) < 4.78 is 1.91. The molecule has 1 atom stereocenters. The maximum Gasteiger partial charge on any atom is 0.185 e. The summed E-state index contributed by atoms with van der Waals surface area (Å²) in [5.74, 6) is 1.02. The predicted octanol–water partition coefficient (Wildman–Crippen LogP) is 3.49. The highest BCUT2D eigenvalue weighted by Gasteiger charge is 2.29. The summed E-state index contributed by atoms with van der Waals surface area (Å²) in [7, 11) is 1.93. The maximum atomic E-state index is 10.6. The number of benzene rings is 1. The van der Waals surface area contributed by atoms with Crippen molar-refractivity contribution in [1.82, 2.24) is 14.5 Å². The largest absolute Gasteiger partial charge is 0.385 e. The van der Waals surface area contributed by atoms with Crippen LogP contribution < -0.4 is 4.90 Å². The molecule has 0 spiro atoms. The molecule has 5 nitrogen and oxygen atoms in total. The van der Waals surface area contributed by atoms with Crippen LogP contribution in [0.4, 0.5) is 5.13 Å². The number of aliphatic hydroxyl groups excluding tert-OH is 1. The van der Waals surface area contributed by atoms with Gasteiger partial charge in [-0.1, -0.05) is 30.3 Å². The molecule has 0 aliphatic carbocycles. The molecule has 1 saturated heterocycles. The van der Waals surface area contributed by atoms with Crippen molar-refractivity contribution in [2.24, 2.45) is 13.0 Å². The molecular weight excluding hydrogens is 332 g/mol. The van der Waals surface area contributed by atoms with Gasteiger partial charge in [-0.25, -0.2) is 9.97 Å². The summed E-state index contributed by atoms with van der Waals surface area (Å²) in [4.78, 5) is 11.4. The lowest BCUT2D eigenvalue weighted by Gasteiger charge is -2.33. The van der Waals surface area contributed by atoms with E-state index in [1.54, 1.807) is 17.5 Å². The number of aliphatic hydroxyl groups is 1. The lowest BCUT2D eigenvalue weighted by Crippen LogP contribution is -2.36. The van der Waals surface area contributed by atoms with Gasteiger partial charge in [-0.15, -0.1) is 11.3 Å². The van der Waals surface area contributed by atoms with Crippen molar-refractivity contribution in [2.75, 3.05) is 18.0 Å². The Balaban J connectivity index is 1.41. The predicted molar refractivity (Wildman–Crippen MR) is 101 cm³/mol. The molecule has 3 heterocycles. The average Bonchev–Trinajstić information content (AvgIpc) is 3.31. The molecule has 1 aliphatic rings. The number of hydrogen-bond acceptors (Lipinski definition) is 5. The smallest absolute Gasteiger partial charge is 0.185 e. The summed E-state index contributed by atoms with van der Waals surface area (Å²) in [5.41, 5.74) is 2.20. The number of rotatable bonds is 4. The highest BCUT2D eigenvalue weighted by molar-refractivity contribution is 7.14. The summed E-state index contributed by atoms with van der Waals surface area (Å²) in [6.45, 7) is 1.85. The molecule has 130 valence electrons. The van der Waals surface area contributed by atoms with Crippen molar-refractivity contribution in [3.63, 3.8) is 0 Å². The van der Waals surface area contributed by atoms with Gasteiger partial charge in [0.25, 0.3) is 0 Å². The van der Waals surface area contributed by atoms with Crippen LogP contribution in [0.15, 0.2) is 48.1 Å². The van der Waals surface area contributed by atoms with E-state index < -0.39 is 6.10 Å². The Kier molecular flexibility index (Phi) is 4.55. The lowest BCUT2D eigenvalue weighted by molar-refractivity contribution is 0.0825. The van der Waals surface area contributed by atoms with E-state index in [4.69, 9.17) is 4.98 Å². The Bertz CT molecular complexity index is 821. The van der Waals surface area contributed by atoms with Crippen LogP contribution >= 0.6 is 11.3 Å². The van der Waals surface area contributed by atoms with Crippen molar-refractivity contribution < 1.29 is 5.11 Å². The minimum absolute atomic E-state index is 0.255. The third kappa shape index (κ3) is 3.32. The molecule has 3 aromatic rings. The Labute approximate surface area is 151 Å². The summed E-state index contributed by atoms with van der Waals surface area (Å²) in [6, 6.07) is 10.3. The summed E-state index contributed by atoms with van der Waals surface area (Å²) >= 11 is 1.70. The second-order valence-corrected chi connectivity index (χ2v) is 7.38. The van der Waals surface area contributed by atoms with Crippen LogP contribution in [0.3, 0.4) is 0 Å². The molecule has 0 radical (unpaired) electrons. The van der Waals surface area contributed by atoms with Crippen molar-refractivity contribution in [3.05, 3.63) is 53.9 Å². The van der Waals surface area contributed by atoms with Crippen LogP contribution in [0.2, 0.25) is 0 Å². The SMILES string of the molecule is Cn1ccnc1C(O)C1CCN(c2nc(-c3ccccc3)cs2)CC1. The molecule has 25 heavy (non-hydrogen) atoms. The molecule has 6 heteroatoms. The van der Waals surface area contributed by atoms with Gasteiger partial charge in [-0.3, -0.25) is 0 Å². The molecule has 4 rings (SSSR count). The van der Waals surface area contributed by atoms with Gasteiger partial charge in [-0.05, 0) is 18.8 Å². The first-order valence-electron chi connectivity index (χ1n) is 8.63. The molecule has 1 unspecified atom stereocenters. The molecule has 0 amide bonds. The van der Waals surface area contributed by atoms with E-state index in [-0.39, 0.29) is 5.92 Å². The molecule has 1 aromatic carbocycles. The van der Waals surface area contributed by atoms with E-state index >= 15 is 0 Å². The first-order chi connectivity index (χ1) is 12.2. The number of aryl methyl sites for hydroxylation is 1. The second-order valence-electron chi connectivity index (χ2n) is 6.55. The first-order valence-corrected chi connectivity index (χ1v) is 9.51. The van der Waals surface area contributed by atoms with Gasteiger partial charge in [0.15, 0.2) is 5.13 Å². The van der Waals surface area contributed by atoms with Crippen molar-refractivity contribution >= 4 is 16.5 Å². The van der Waals surface area contributed by atoms with Crippen LogP contribution in [-0.2, 0) is 7.05 Å². The van der Waals surface area contributed by atoms with E-state index in [0.717, 1.165) is 48.1 Å². The molecule has 1 N–H and O–H groups in total. The minimum Gasteiger partial charge on any atom is -0.385 e. The number of aromatic nitrogens is 3. The van der Waals surface area contributed by atoms with E-state index in [0.29, 0.717) is 0 Å². The molecule has 1 aliphatic heterocycles. The third-order valence-corrected chi connectivity index (χ3v) is 5.84. The van der Waals surface area contributed by atoms with Crippen molar-refractivity contribution in [3.8, 4) is 11.3 Å². The second kappa shape index (κ2) is 6.98. The number of nitrogens with zero attached hydrogens (tertiary/aromatic N) is 4. The van der Waals surface area contributed by atoms with Gasteiger partial charge in [0.1, 0.15) is 11.9 Å². The Morgan fingerprint density at radius 1 is 1.20 bits per heavy atom. The monoisotopic (exact) mass is 354 g/mol. The Hall–Kier alpha value is -2.18. The van der Waals surface area contributed by atoms with Gasteiger partial charge in [-0.2, -0.15) is 0 Å². The standard InChI is InChI=1S/C19H22N4OS/c1-22-12-9-20-18(22)17(24)15-7-10-23(11-8-15)19-21-16(13-25-19)14-5-3-2-4-6-14/h2-6,9,12-13,15,17,24H,7-8,10-11H2,1H3. The van der Waals surface area contributed by atoms with E-state index in [1.807, 2.05) is 36.0 Å². The minimum atomic E-state index is -0.488. The Morgan fingerprint density at radius 2 is 1.96 bits per heavy atom. The van der Waals surface area contributed by atoms with Crippen LogP contribution in [0, 0.1) is 5.92 Å². The van der Waals surface area contributed by atoms with Gasteiger partial charge in [0.05, 0.1) is 5.69 Å². The summed E-state index contributed by atoms with van der Waals surface area (Å²) in [5, 5.41) is 13.8. The number of piperidine rings is 1. The maximum absolute atomic E-state index is 10.6. The average molecular weight is 354 g/mol. The molecule has 0 bridgehead atoms. The zero-order chi connectivity index (χ0) is 17.2. The van der Waals surface area contributed by atoms with Crippen LogP contribution in [0.5, 0.6) is 0 Å². The number of hydrogen-bond donors (Lipinski definition) is 1. The van der Waals surface area contributed by atoms with Crippen molar-refractivity contribution in [1.29, 1.82) is 0 Å². The zero-order valence-electron chi connectivity index (χ0n) is 14.2. The molecule has 0 saturated carbocycles. The highest BCUT2D eigenvalue weighted by Crippen LogP contribution is 2.34. The van der Waals surface area contributed by atoms with Gasteiger partial charge in [0, 0.05) is 43.5 Å². The van der Waals surface area contributed by atoms with Gasteiger partial charge in [0.2, 0.25) is 0 Å². The van der Waals surface area contributed by atoms with E-state index in [2.05, 4.69) is 27.4 Å². The molecular formula is C19H22N4OS. The van der Waals surface area contributed by atoms with Gasteiger partial charge >= 0.3 is 0 Å². The van der Waals surface area contributed by atoms with Crippen LogP contribution in [0.25, 0.3) is 11.3 Å². The number of anilines is 1. The normalized spacial score (nSPS) is 17.0. The van der Waals surface area contributed by atoms with E-state index in [9.17, 15) is 5.11 Å². The Morgan fingerprint density at radius 3 is 2.64 bits per heavy atom. The highest BCUT2D eigenvalue weighted by atomic mass is 32.1. The van der Waals surface area contributed by atoms with Gasteiger partial charge < -0.3 is 14.6 Å². The fourth-order valence-corrected chi connectivity index (χ4v) is 4.32. The number of thiazole rings is 1. The fraction of sp³-hybridized carbons (Fsp3) is 0.368. The quantitative estimate of drug-likeness (QED) is 0.779. The number of imidazole rings is 1. The van der Waals surface area contributed by atoms with Crippen LogP contribution in [0.1, 0.15) is 24.8 Å². The topological polar surface area (TPSA) is 54.2 Å².